The van der Waals surface area contributed by atoms with Gasteiger partial charge in [0.2, 0.25) is 0 Å². The Morgan fingerprint density at radius 3 is 2.33 bits per heavy atom. The summed E-state index contributed by atoms with van der Waals surface area (Å²) in [6, 6.07) is 8.80. The minimum absolute atomic E-state index is 0.0979. The summed E-state index contributed by atoms with van der Waals surface area (Å²) in [4.78, 5) is 1.88. The van der Waals surface area contributed by atoms with E-state index in [1.54, 1.807) is 6.92 Å². The van der Waals surface area contributed by atoms with E-state index in [2.05, 4.69) is 5.32 Å². The van der Waals surface area contributed by atoms with Crippen LogP contribution >= 0.6 is 11.3 Å². The summed E-state index contributed by atoms with van der Waals surface area (Å²) in [5.74, 6) is 0.229. The van der Waals surface area contributed by atoms with E-state index in [9.17, 15) is 21.6 Å². The summed E-state index contributed by atoms with van der Waals surface area (Å²) in [6.07, 6.45) is -4.33. The third-order valence-corrected chi connectivity index (χ3v) is 6.33. The van der Waals surface area contributed by atoms with E-state index in [0.29, 0.717) is 13.1 Å². The number of thiophene rings is 1. The summed E-state index contributed by atoms with van der Waals surface area (Å²) in [5, 5.41) is 3.07. The van der Waals surface area contributed by atoms with Gasteiger partial charge in [-0.05, 0) is 29.8 Å². The van der Waals surface area contributed by atoms with Crippen molar-refractivity contribution in [2.24, 2.45) is 0 Å². The molecular weight excluding hydrogens is 359 g/mol. The Morgan fingerprint density at radius 1 is 1.08 bits per heavy atom. The Hall–Kier alpha value is -1.38. The minimum atomic E-state index is -4.33. The maximum atomic E-state index is 12.6. The standard InChI is InChI=1S/C16H18F3NO2S2/c1-2-24(21,22)10-9-20-11-14-7-8-15(23-14)12-3-5-13(6-4-12)16(17,18)19/h3-8,20H,2,9-11H2,1H3. The Morgan fingerprint density at radius 2 is 1.75 bits per heavy atom. The lowest BCUT2D eigenvalue weighted by Gasteiger charge is -2.06. The molecule has 0 amide bonds. The average molecular weight is 377 g/mol. The first-order valence-corrected chi connectivity index (χ1v) is 10.0. The molecule has 2 rings (SSSR count). The summed E-state index contributed by atoms with van der Waals surface area (Å²) in [7, 11) is -2.98. The molecular formula is C16H18F3NO2S2. The van der Waals surface area contributed by atoms with Gasteiger partial charge < -0.3 is 5.32 Å². The number of rotatable bonds is 7. The van der Waals surface area contributed by atoms with Crippen molar-refractivity contribution in [3.8, 4) is 10.4 Å². The quantitative estimate of drug-likeness (QED) is 0.743. The molecule has 1 aromatic heterocycles. The van der Waals surface area contributed by atoms with Gasteiger partial charge >= 0.3 is 6.18 Å². The molecule has 0 bridgehead atoms. The van der Waals surface area contributed by atoms with Gasteiger partial charge in [-0.15, -0.1) is 11.3 Å². The second-order valence-electron chi connectivity index (χ2n) is 5.25. The molecule has 0 saturated carbocycles. The highest BCUT2D eigenvalue weighted by molar-refractivity contribution is 7.91. The topological polar surface area (TPSA) is 46.2 Å². The van der Waals surface area contributed by atoms with Crippen molar-refractivity contribution in [1.82, 2.24) is 5.32 Å². The van der Waals surface area contributed by atoms with Crippen LogP contribution in [0, 0.1) is 0 Å². The number of nitrogens with one attached hydrogen (secondary N) is 1. The van der Waals surface area contributed by atoms with E-state index in [-0.39, 0.29) is 11.5 Å². The normalized spacial score (nSPS) is 12.5. The molecule has 2 aromatic rings. The maximum Gasteiger partial charge on any atom is 0.416 e. The molecule has 24 heavy (non-hydrogen) atoms. The van der Waals surface area contributed by atoms with Gasteiger partial charge in [-0.1, -0.05) is 19.1 Å². The monoisotopic (exact) mass is 377 g/mol. The molecule has 0 aliphatic heterocycles. The van der Waals surface area contributed by atoms with Crippen LogP contribution in [0.15, 0.2) is 36.4 Å². The van der Waals surface area contributed by atoms with Crippen molar-refractivity contribution in [2.45, 2.75) is 19.6 Å². The van der Waals surface area contributed by atoms with Crippen molar-refractivity contribution in [3.05, 3.63) is 46.8 Å². The second-order valence-corrected chi connectivity index (χ2v) is 8.90. The first-order chi connectivity index (χ1) is 11.2. The van der Waals surface area contributed by atoms with E-state index >= 15 is 0 Å². The molecule has 0 aliphatic carbocycles. The molecule has 0 radical (unpaired) electrons. The number of hydrogen-bond donors (Lipinski definition) is 1. The first kappa shape index (κ1) is 19.0. The Bertz CT molecular complexity index is 765. The molecule has 132 valence electrons. The van der Waals surface area contributed by atoms with Gasteiger partial charge in [0.15, 0.2) is 9.84 Å². The average Bonchev–Trinajstić information content (AvgIpc) is 3.00. The van der Waals surface area contributed by atoms with E-state index in [4.69, 9.17) is 0 Å². The van der Waals surface area contributed by atoms with Crippen LogP contribution in [-0.4, -0.2) is 26.5 Å². The van der Waals surface area contributed by atoms with Gasteiger partial charge in [0.1, 0.15) is 0 Å². The Labute approximate surface area is 143 Å². The fourth-order valence-corrected chi connectivity index (χ4v) is 3.76. The number of sulfone groups is 1. The second kappa shape index (κ2) is 7.67. The highest BCUT2D eigenvalue weighted by Gasteiger charge is 2.29. The van der Waals surface area contributed by atoms with Gasteiger partial charge in [0.25, 0.3) is 0 Å². The molecule has 0 unspecified atom stereocenters. The zero-order valence-electron chi connectivity index (χ0n) is 13.1. The van der Waals surface area contributed by atoms with Crippen LogP contribution in [-0.2, 0) is 22.6 Å². The van der Waals surface area contributed by atoms with Gasteiger partial charge in [-0.25, -0.2) is 8.42 Å². The predicted octanol–water partition coefficient (Wildman–Crippen LogP) is 3.96. The number of benzene rings is 1. The van der Waals surface area contributed by atoms with Crippen LogP contribution in [0.2, 0.25) is 0 Å². The fraction of sp³-hybridized carbons (Fsp3) is 0.375. The SMILES string of the molecule is CCS(=O)(=O)CCNCc1ccc(-c2ccc(C(F)(F)F)cc2)s1. The Balaban J connectivity index is 1.93. The fourth-order valence-electron chi connectivity index (χ4n) is 2.04. The highest BCUT2D eigenvalue weighted by Crippen LogP contribution is 2.33. The van der Waals surface area contributed by atoms with Crippen LogP contribution in [0.5, 0.6) is 0 Å². The number of alkyl halides is 3. The highest BCUT2D eigenvalue weighted by atomic mass is 32.2. The molecule has 1 aromatic carbocycles. The minimum Gasteiger partial charge on any atom is -0.311 e. The van der Waals surface area contributed by atoms with Gasteiger partial charge in [0, 0.05) is 28.6 Å². The van der Waals surface area contributed by atoms with Crippen molar-refractivity contribution >= 4 is 21.2 Å². The van der Waals surface area contributed by atoms with E-state index in [1.807, 2.05) is 12.1 Å². The lowest BCUT2D eigenvalue weighted by Crippen LogP contribution is -2.23. The van der Waals surface area contributed by atoms with Crippen molar-refractivity contribution in [1.29, 1.82) is 0 Å². The number of hydrogen-bond acceptors (Lipinski definition) is 4. The molecule has 3 nitrogen and oxygen atoms in total. The molecule has 8 heteroatoms. The molecule has 0 saturated heterocycles. The molecule has 1 heterocycles. The van der Waals surface area contributed by atoms with Crippen LogP contribution < -0.4 is 5.32 Å². The van der Waals surface area contributed by atoms with Crippen molar-refractivity contribution < 1.29 is 21.6 Å². The lowest BCUT2D eigenvalue weighted by molar-refractivity contribution is -0.137. The number of halogens is 3. The van der Waals surface area contributed by atoms with Gasteiger partial charge in [0.05, 0.1) is 11.3 Å². The van der Waals surface area contributed by atoms with Gasteiger partial charge in [-0.3, -0.25) is 0 Å². The maximum absolute atomic E-state index is 12.6. The molecule has 0 fully saturated rings. The van der Waals surface area contributed by atoms with E-state index < -0.39 is 21.6 Å². The summed E-state index contributed by atoms with van der Waals surface area (Å²) in [5.41, 5.74) is 0.0645. The van der Waals surface area contributed by atoms with Crippen LogP contribution in [0.25, 0.3) is 10.4 Å². The smallest absolute Gasteiger partial charge is 0.311 e. The third-order valence-electron chi connectivity index (χ3n) is 3.49. The zero-order valence-corrected chi connectivity index (χ0v) is 14.7. The first-order valence-electron chi connectivity index (χ1n) is 7.39. The van der Waals surface area contributed by atoms with Crippen LogP contribution in [0.3, 0.4) is 0 Å². The van der Waals surface area contributed by atoms with Gasteiger partial charge in [-0.2, -0.15) is 13.2 Å². The lowest BCUT2D eigenvalue weighted by atomic mass is 10.1. The third kappa shape index (κ3) is 5.32. The summed E-state index contributed by atoms with van der Waals surface area (Å²) < 4.78 is 60.4. The van der Waals surface area contributed by atoms with E-state index in [0.717, 1.165) is 27.5 Å². The van der Waals surface area contributed by atoms with Crippen LogP contribution in [0.4, 0.5) is 13.2 Å². The Kier molecular flexibility index (Phi) is 6.06. The molecule has 1 N–H and O–H groups in total. The van der Waals surface area contributed by atoms with Crippen molar-refractivity contribution in [3.63, 3.8) is 0 Å². The van der Waals surface area contributed by atoms with Crippen LogP contribution in [0.1, 0.15) is 17.4 Å². The predicted molar refractivity (Wildman–Crippen MR) is 90.8 cm³/mol. The van der Waals surface area contributed by atoms with Crippen molar-refractivity contribution in [2.75, 3.05) is 18.1 Å². The molecule has 0 spiro atoms. The van der Waals surface area contributed by atoms with E-state index in [1.165, 1.54) is 23.5 Å². The largest absolute Gasteiger partial charge is 0.416 e. The summed E-state index contributed by atoms with van der Waals surface area (Å²) in [6.45, 7) is 2.53. The summed E-state index contributed by atoms with van der Waals surface area (Å²) >= 11 is 1.47. The molecule has 0 atom stereocenters. The zero-order chi connectivity index (χ0) is 17.8. The molecule has 0 aliphatic rings.